The Bertz CT molecular complexity index is 7410. The summed E-state index contributed by atoms with van der Waals surface area (Å²) >= 11 is 1.85. The summed E-state index contributed by atoms with van der Waals surface area (Å²) in [5, 5.41) is 14.2. The van der Waals surface area contributed by atoms with E-state index in [0.29, 0.717) is 11.9 Å². The molecule has 0 saturated carbocycles. The first-order valence-electron chi connectivity index (χ1n) is 37.9. The molecule has 0 aliphatic carbocycles. The van der Waals surface area contributed by atoms with Crippen LogP contribution in [0.3, 0.4) is 0 Å². The minimum Gasteiger partial charge on any atom is -0.456 e. The van der Waals surface area contributed by atoms with Gasteiger partial charge in [-0.2, -0.15) is 0 Å². The summed E-state index contributed by atoms with van der Waals surface area (Å²) in [5.41, 5.74) is 23.5. The van der Waals surface area contributed by atoms with Crippen LogP contribution in [0.2, 0.25) is 0 Å². The standard InChI is InChI=1S/C50H30N6O.C50H30N6S/c2*1-4-16-44-34(11-1)37-27-31(19-22-46(37)55(44)33-21-24-49-39(29-33)36-13-3-6-18-48(36)57-49)32-20-23-47-38(28-32)35-12-2-5-17-45(35)56(47)50-53-42(40-14-7-9-25-51-40)30-43(54-50)41-15-8-10-26-52-41/h2*1-30H. The molecule has 24 rings (SSSR count). The van der Waals surface area contributed by atoms with Gasteiger partial charge in [0.1, 0.15) is 11.2 Å². The zero-order valence-electron chi connectivity index (χ0n) is 60.8. The zero-order chi connectivity index (χ0) is 74.9. The van der Waals surface area contributed by atoms with E-state index in [0.717, 1.165) is 150 Å². The van der Waals surface area contributed by atoms with Gasteiger partial charge in [-0.05, 0) is 204 Å². The molecule has 0 aliphatic heterocycles. The van der Waals surface area contributed by atoms with Crippen molar-refractivity contribution in [2.75, 3.05) is 0 Å². The van der Waals surface area contributed by atoms with Crippen molar-refractivity contribution in [1.82, 2.24) is 58.1 Å². The first-order chi connectivity index (χ1) is 56.5. The van der Waals surface area contributed by atoms with Gasteiger partial charge in [0, 0.05) is 110 Å². The van der Waals surface area contributed by atoms with Gasteiger partial charge in [0.25, 0.3) is 0 Å². The predicted molar refractivity (Wildman–Crippen MR) is 465 cm³/mol. The molecule has 13 nitrogen and oxygen atoms in total. The first-order valence-corrected chi connectivity index (χ1v) is 38.7. The second-order valence-electron chi connectivity index (χ2n) is 28.6. The van der Waals surface area contributed by atoms with E-state index in [1.165, 1.54) is 58.4 Å². The lowest BCUT2D eigenvalue weighted by molar-refractivity contribution is 0.669. The van der Waals surface area contributed by atoms with Crippen molar-refractivity contribution in [1.29, 1.82) is 0 Å². The predicted octanol–water partition coefficient (Wildman–Crippen LogP) is 25.2. The van der Waals surface area contributed by atoms with Crippen LogP contribution in [-0.4, -0.2) is 58.1 Å². The SMILES string of the molecule is c1ccc(-c2cc(-c3ccccn3)nc(-n3c4ccccc4c4cc(-c5ccc6c(c5)c5ccccc5n6-c5ccc6oc7ccccc7c6c5)ccc43)n2)nc1.c1ccc(-c2cc(-c3ccccn3)nc(-n3c4ccccc4c4cc(-c5ccc6c(c5)c5ccccc5n6-c5ccc6sc7ccccc7c6c5)ccc43)n2)nc1. The zero-order valence-corrected chi connectivity index (χ0v) is 61.6. The molecule has 12 aromatic heterocycles. The Kier molecular flexibility index (Phi) is 14.8. The van der Waals surface area contributed by atoms with Gasteiger partial charge in [0.2, 0.25) is 11.9 Å². The van der Waals surface area contributed by atoms with Crippen LogP contribution in [0.15, 0.2) is 369 Å². The Morgan fingerprint density at radius 2 is 0.518 bits per heavy atom. The first kappa shape index (κ1) is 64.6. The molecule has 0 N–H and O–H groups in total. The third-order valence-corrected chi connectivity index (χ3v) is 23.3. The van der Waals surface area contributed by atoms with Crippen LogP contribution < -0.4 is 0 Å². The van der Waals surface area contributed by atoms with Crippen LogP contribution in [0, 0.1) is 0 Å². The van der Waals surface area contributed by atoms with E-state index in [9.17, 15) is 0 Å². The molecule has 0 unspecified atom stereocenters. The van der Waals surface area contributed by atoms with Crippen LogP contribution in [0.1, 0.15) is 0 Å². The van der Waals surface area contributed by atoms with Crippen LogP contribution >= 0.6 is 11.3 Å². The van der Waals surface area contributed by atoms with Crippen LogP contribution in [-0.2, 0) is 0 Å². The quantitative estimate of drug-likeness (QED) is 0.131. The average molecular weight is 1480 g/mol. The van der Waals surface area contributed by atoms with E-state index in [2.05, 4.69) is 281 Å². The van der Waals surface area contributed by atoms with Crippen molar-refractivity contribution in [3.63, 3.8) is 0 Å². The van der Waals surface area contributed by atoms with Crippen molar-refractivity contribution >= 4 is 141 Å². The Morgan fingerprint density at radius 3 is 0.930 bits per heavy atom. The van der Waals surface area contributed by atoms with E-state index >= 15 is 0 Å². The van der Waals surface area contributed by atoms with Gasteiger partial charge in [-0.1, -0.05) is 158 Å². The Hall–Kier alpha value is -15.4. The summed E-state index contributed by atoms with van der Waals surface area (Å²) in [7, 11) is 0. The number of furan rings is 1. The fraction of sp³-hybridized carbons (Fsp3) is 0. The molecule has 0 fully saturated rings. The molecule has 0 atom stereocenters. The number of rotatable bonds is 10. The number of thiophene rings is 1. The summed E-state index contributed by atoms with van der Waals surface area (Å²) in [6, 6.07) is 119. The monoisotopic (exact) mass is 1480 g/mol. The number of para-hydroxylation sites is 5. The fourth-order valence-electron chi connectivity index (χ4n) is 17.0. The maximum atomic E-state index is 6.17. The highest BCUT2D eigenvalue weighted by Crippen LogP contribution is 2.44. The van der Waals surface area contributed by atoms with Gasteiger partial charge in [-0.3, -0.25) is 29.1 Å². The second-order valence-corrected chi connectivity index (χ2v) is 29.7. The molecule has 0 amide bonds. The molecule has 0 aliphatic rings. The fourth-order valence-corrected chi connectivity index (χ4v) is 18.0. The molecule has 0 radical (unpaired) electrons. The molecular formula is C100H60N12OS. The topological polar surface area (TPSA) is 136 Å². The minimum absolute atomic E-state index is 0.564. The number of pyridine rings is 4. The van der Waals surface area contributed by atoms with Gasteiger partial charge in [-0.15, -0.1) is 11.3 Å². The molecule has 24 aromatic rings. The number of aromatic nitrogens is 12. The smallest absolute Gasteiger partial charge is 0.235 e. The molecule has 114 heavy (non-hydrogen) atoms. The average Bonchev–Trinajstić information content (AvgIpc) is 1.59. The van der Waals surface area contributed by atoms with Crippen LogP contribution in [0.4, 0.5) is 0 Å². The molecule has 0 bridgehead atoms. The van der Waals surface area contributed by atoms with Crippen molar-refractivity contribution in [3.8, 4) is 91.1 Å². The highest BCUT2D eigenvalue weighted by atomic mass is 32.1. The van der Waals surface area contributed by atoms with E-state index in [4.69, 9.17) is 24.4 Å². The van der Waals surface area contributed by atoms with Crippen molar-refractivity contribution in [3.05, 3.63) is 365 Å². The van der Waals surface area contributed by atoms with E-state index in [1.807, 2.05) is 108 Å². The van der Waals surface area contributed by atoms with Gasteiger partial charge < -0.3 is 13.6 Å². The minimum atomic E-state index is 0.564. The summed E-state index contributed by atoms with van der Waals surface area (Å²) < 4.78 is 17.9. The van der Waals surface area contributed by atoms with Crippen LogP contribution in [0.25, 0.3) is 220 Å². The molecule has 0 saturated heterocycles. The molecule has 12 heterocycles. The van der Waals surface area contributed by atoms with E-state index in [-0.39, 0.29) is 0 Å². The number of nitrogens with zero attached hydrogens (tertiary/aromatic N) is 12. The Labute approximate surface area is 654 Å². The molecular weight excluding hydrogens is 1420 g/mol. The normalized spacial score (nSPS) is 11.9. The van der Waals surface area contributed by atoms with Crippen molar-refractivity contribution in [2.24, 2.45) is 0 Å². The number of benzene rings is 12. The summed E-state index contributed by atoms with van der Waals surface area (Å²) in [4.78, 5) is 39.0. The van der Waals surface area contributed by atoms with Gasteiger partial charge >= 0.3 is 0 Å². The molecule has 0 spiro atoms. The van der Waals surface area contributed by atoms with Gasteiger partial charge in [0.05, 0.1) is 89.7 Å². The lowest BCUT2D eigenvalue weighted by Gasteiger charge is -2.11. The summed E-state index contributed by atoms with van der Waals surface area (Å²) in [6.07, 6.45) is 7.16. The lowest BCUT2D eigenvalue weighted by atomic mass is 10.0. The molecule has 532 valence electrons. The Balaban J connectivity index is 0.000000135. The highest BCUT2D eigenvalue weighted by molar-refractivity contribution is 7.25. The highest BCUT2D eigenvalue weighted by Gasteiger charge is 2.24. The Morgan fingerprint density at radius 1 is 0.202 bits per heavy atom. The maximum absolute atomic E-state index is 6.17. The summed E-state index contributed by atoms with van der Waals surface area (Å²) in [5.74, 6) is 1.13. The van der Waals surface area contributed by atoms with E-state index in [1.54, 1.807) is 24.8 Å². The maximum Gasteiger partial charge on any atom is 0.235 e. The summed E-state index contributed by atoms with van der Waals surface area (Å²) in [6.45, 7) is 0. The third kappa shape index (κ3) is 10.6. The van der Waals surface area contributed by atoms with Gasteiger partial charge in [0.15, 0.2) is 0 Å². The molecule has 14 heteroatoms. The number of hydrogen-bond donors (Lipinski definition) is 0. The van der Waals surface area contributed by atoms with Crippen LogP contribution in [0.5, 0.6) is 0 Å². The van der Waals surface area contributed by atoms with Crippen molar-refractivity contribution < 1.29 is 4.42 Å². The van der Waals surface area contributed by atoms with Crippen molar-refractivity contribution in [2.45, 2.75) is 0 Å². The third-order valence-electron chi connectivity index (χ3n) is 22.1. The molecule has 12 aromatic carbocycles. The van der Waals surface area contributed by atoms with E-state index < -0.39 is 0 Å². The number of fused-ring (bicyclic) bond motifs is 18. The van der Waals surface area contributed by atoms with Gasteiger partial charge in [-0.25, -0.2) is 19.9 Å². The lowest BCUT2D eigenvalue weighted by Crippen LogP contribution is -2.04. The number of hydrogen-bond acceptors (Lipinski definition) is 10. The largest absolute Gasteiger partial charge is 0.456 e. The second kappa shape index (κ2) is 26.2.